The van der Waals surface area contributed by atoms with E-state index in [0.29, 0.717) is 24.1 Å². The van der Waals surface area contributed by atoms with Gasteiger partial charge in [0, 0.05) is 36.0 Å². The Kier molecular flexibility index (Phi) is 2.97. The molecule has 2 aromatic rings. The van der Waals surface area contributed by atoms with E-state index in [1.807, 2.05) is 12.1 Å². The normalized spacial score (nSPS) is 17.8. The molecule has 1 aromatic carbocycles. The molecule has 104 valence electrons. The standard InChI is InChI=1S/C15H15NO4/c1-8(17)16-10-3-5-12-11-4-2-9(15(18)19)6-13(11)20-14(12)7-10/h3,5,7,9H,2,4,6H2,1H3,(H,16,17)(H,18,19). The van der Waals surface area contributed by atoms with Gasteiger partial charge in [0.2, 0.25) is 5.91 Å². The van der Waals surface area contributed by atoms with Gasteiger partial charge in [0.05, 0.1) is 5.92 Å². The van der Waals surface area contributed by atoms with Gasteiger partial charge in [-0.15, -0.1) is 0 Å². The van der Waals surface area contributed by atoms with Crippen LogP contribution in [0.5, 0.6) is 0 Å². The Labute approximate surface area is 115 Å². The average molecular weight is 273 g/mol. The van der Waals surface area contributed by atoms with E-state index >= 15 is 0 Å². The maximum atomic E-state index is 11.1. The van der Waals surface area contributed by atoms with E-state index < -0.39 is 5.97 Å². The third kappa shape index (κ3) is 2.15. The molecule has 20 heavy (non-hydrogen) atoms. The van der Waals surface area contributed by atoms with E-state index in [9.17, 15) is 9.59 Å². The first-order chi connectivity index (χ1) is 9.54. The summed E-state index contributed by atoms with van der Waals surface area (Å²) in [4.78, 5) is 22.1. The molecule has 5 heteroatoms. The van der Waals surface area contributed by atoms with Gasteiger partial charge < -0.3 is 14.8 Å². The SMILES string of the molecule is CC(=O)Nc1ccc2c3c(oc2c1)CC(C(=O)O)CC3. The molecule has 1 heterocycles. The average Bonchev–Trinajstić information content (AvgIpc) is 2.74. The highest BCUT2D eigenvalue weighted by Crippen LogP contribution is 2.35. The summed E-state index contributed by atoms with van der Waals surface area (Å²) in [5, 5.41) is 12.8. The van der Waals surface area contributed by atoms with Crippen molar-refractivity contribution >= 4 is 28.5 Å². The summed E-state index contributed by atoms with van der Waals surface area (Å²) < 4.78 is 5.78. The van der Waals surface area contributed by atoms with Gasteiger partial charge >= 0.3 is 5.97 Å². The van der Waals surface area contributed by atoms with E-state index in [-0.39, 0.29) is 11.8 Å². The van der Waals surface area contributed by atoms with Crippen molar-refractivity contribution in [3.05, 3.63) is 29.5 Å². The van der Waals surface area contributed by atoms with Crippen LogP contribution < -0.4 is 5.32 Å². The van der Waals surface area contributed by atoms with Crippen LogP contribution in [-0.4, -0.2) is 17.0 Å². The zero-order chi connectivity index (χ0) is 14.3. The number of carbonyl (C=O) groups is 2. The fraction of sp³-hybridized carbons (Fsp3) is 0.333. The number of hydrogen-bond donors (Lipinski definition) is 2. The lowest BCUT2D eigenvalue weighted by Gasteiger charge is -2.16. The maximum Gasteiger partial charge on any atom is 0.306 e. The number of carboxylic acids is 1. The van der Waals surface area contributed by atoms with Crippen LogP contribution in [0.3, 0.4) is 0 Å². The lowest BCUT2D eigenvalue weighted by molar-refractivity contribution is -0.142. The highest BCUT2D eigenvalue weighted by molar-refractivity contribution is 5.93. The molecular weight excluding hydrogens is 258 g/mol. The second-order valence-electron chi connectivity index (χ2n) is 5.17. The zero-order valence-electron chi connectivity index (χ0n) is 11.1. The van der Waals surface area contributed by atoms with Crippen LogP contribution in [0.2, 0.25) is 0 Å². The first kappa shape index (κ1) is 12.7. The number of furan rings is 1. The topological polar surface area (TPSA) is 79.5 Å². The summed E-state index contributed by atoms with van der Waals surface area (Å²) in [7, 11) is 0. The van der Waals surface area contributed by atoms with Gasteiger partial charge in [0.1, 0.15) is 11.3 Å². The molecule has 0 bridgehead atoms. The van der Waals surface area contributed by atoms with Gasteiger partial charge in [-0.05, 0) is 25.0 Å². The molecule has 0 aliphatic heterocycles. The summed E-state index contributed by atoms with van der Waals surface area (Å²) >= 11 is 0. The third-order valence-corrected chi connectivity index (χ3v) is 3.72. The Balaban J connectivity index is 1.99. The van der Waals surface area contributed by atoms with Crippen molar-refractivity contribution < 1.29 is 19.1 Å². The van der Waals surface area contributed by atoms with E-state index in [4.69, 9.17) is 9.52 Å². The van der Waals surface area contributed by atoms with Crippen LogP contribution in [0, 0.1) is 5.92 Å². The van der Waals surface area contributed by atoms with Crippen molar-refractivity contribution in [2.24, 2.45) is 5.92 Å². The highest BCUT2D eigenvalue weighted by atomic mass is 16.4. The fourth-order valence-corrected chi connectivity index (χ4v) is 2.78. The van der Waals surface area contributed by atoms with Crippen LogP contribution in [0.4, 0.5) is 5.69 Å². The molecule has 0 saturated heterocycles. The number of hydrogen-bond acceptors (Lipinski definition) is 3. The largest absolute Gasteiger partial charge is 0.481 e. The van der Waals surface area contributed by atoms with E-state index in [1.165, 1.54) is 6.92 Å². The summed E-state index contributed by atoms with van der Waals surface area (Å²) in [6.07, 6.45) is 1.80. The molecule has 1 amide bonds. The molecule has 5 nitrogen and oxygen atoms in total. The Morgan fingerprint density at radius 2 is 2.20 bits per heavy atom. The van der Waals surface area contributed by atoms with Gasteiger partial charge in [-0.2, -0.15) is 0 Å². The number of anilines is 1. The summed E-state index contributed by atoms with van der Waals surface area (Å²) in [6, 6.07) is 5.54. The zero-order valence-corrected chi connectivity index (χ0v) is 11.1. The minimum Gasteiger partial charge on any atom is -0.481 e. The number of aryl methyl sites for hydroxylation is 1. The van der Waals surface area contributed by atoms with Crippen LogP contribution in [0.1, 0.15) is 24.7 Å². The summed E-state index contributed by atoms with van der Waals surface area (Å²) in [6.45, 7) is 1.45. The molecule has 1 atom stereocenters. The van der Waals surface area contributed by atoms with E-state index in [0.717, 1.165) is 23.1 Å². The lowest BCUT2D eigenvalue weighted by Crippen LogP contribution is -2.21. The Bertz CT molecular complexity index is 701. The third-order valence-electron chi connectivity index (χ3n) is 3.72. The number of amides is 1. The number of nitrogens with one attached hydrogen (secondary N) is 1. The molecule has 2 N–H and O–H groups in total. The Hall–Kier alpha value is -2.30. The molecule has 1 unspecified atom stereocenters. The molecule has 0 radical (unpaired) electrons. The van der Waals surface area contributed by atoms with Crippen molar-refractivity contribution in [3.8, 4) is 0 Å². The molecular formula is C15H15NO4. The molecule has 0 spiro atoms. The number of benzene rings is 1. The van der Waals surface area contributed by atoms with Crippen LogP contribution >= 0.6 is 0 Å². The van der Waals surface area contributed by atoms with Crippen molar-refractivity contribution in [2.75, 3.05) is 5.32 Å². The monoisotopic (exact) mass is 273 g/mol. The van der Waals surface area contributed by atoms with Gasteiger partial charge in [-0.25, -0.2) is 0 Å². The summed E-state index contributed by atoms with van der Waals surface area (Å²) in [5.41, 5.74) is 2.49. The predicted molar refractivity (Wildman–Crippen MR) is 73.7 cm³/mol. The first-order valence-corrected chi connectivity index (χ1v) is 6.59. The van der Waals surface area contributed by atoms with E-state index in [2.05, 4.69) is 5.32 Å². The molecule has 1 aliphatic carbocycles. The van der Waals surface area contributed by atoms with Gasteiger partial charge in [0.25, 0.3) is 0 Å². The number of fused-ring (bicyclic) bond motifs is 3. The maximum absolute atomic E-state index is 11.1. The van der Waals surface area contributed by atoms with Gasteiger partial charge in [-0.3, -0.25) is 9.59 Å². The molecule has 1 aromatic heterocycles. The molecule has 1 aliphatic rings. The summed E-state index contributed by atoms with van der Waals surface area (Å²) in [5.74, 6) is -0.502. The van der Waals surface area contributed by atoms with Crippen molar-refractivity contribution in [1.82, 2.24) is 0 Å². The number of rotatable bonds is 2. The van der Waals surface area contributed by atoms with E-state index in [1.54, 1.807) is 6.07 Å². The lowest BCUT2D eigenvalue weighted by atomic mass is 9.87. The second-order valence-corrected chi connectivity index (χ2v) is 5.17. The molecule has 3 rings (SSSR count). The van der Waals surface area contributed by atoms with Crippen LogP contribution in [-0.2, 0) is 22.4 Å². The van der Waals surface area contributed by atoms with Crippen LogP contribution in [0.15, 0.2) is 22.6 Å². The fourth-order valence-electron chi connectivity index (χ4n) is 2.78. The quantitative estimate of drug-likeness (QED) is 0.881. The Morgan fingerprint density at radius 1 is 1.40 bits per heavy atom. The second kappa shape index (κ2) is 4.67. The smallest absolute Gasteiger partial charge is 0.306 e. The minimum atomic E-state index is -0.768. The predicted octanol–water partition coefficient (Wildman–Crippen LogP) is 2.58. The van der Waals surface area contributed by atoms with Gasteiger partial charge in [0.15, 0.2) is 0 Å². The molecule has 0 saturated carbocycles. The Morgan fingerprint density at radius 3 is 2.90 bits per heavy atom. The van der Waals surface area contributed by atoms with Crippen molar-refractivity contribution in [1.29, 1.82) is 0 Å². The van der Waals surface area contributed by atoms with Crippen molar-refractivity contribution in [2.45, 2.75) is 26.2 Å². The van der Waals surface area contributed by atoms with Crippen molar-refractivity contribution in [3.63, 3.8) is 0 Å². The van der Waals surface area contributed by atoms with Gasteiger partial charge in [-0.1, -0.05) is 0 Å². The van der Waals surface area contributed by atoms with Crippen LogP contribution in [0.25, 0.3) is 11.0 Å². The highest BCUT2D eigenvalue weighted by Gasteiger charge is 2.28. The minimum absolute atomic E-state index is 0.133. The number of aliphatic carboxylic acids is 1. The first-order valence-electron chi connectivity index (χ1n) is 6.59. The number of carbonyl (C=O) groups excluding carboxylic acids is 1. The molecule has 0 fully saturated rings. The number of carboxylic acid groups (broad SMARTS) is 1.